The van der Waals surface area contributed by atoms with Crippen LogP contribution in [0.4, 0.5) is 0 Å². The molecule has 0 aliphatic heterocycles. The van der Waals surface area contributed by atoms with Gasteiger partial charge < -0.3 is 14.3 Å². The molecule has 184 valence electrons. The second-order valence-corrected chi connectivity index (χ2v) is 11.5. The van der Waals surface area contributed by atoms with Crippen LogP contribution in [0.2, 0.25) is 0 Å². The molecule has 0 saturated heterocycles. The molecule has 0 fully saturated rings. The van der Waals surface area contributed by atoms with E-state index in [0.717, 1.165) is 31.4 Å². The van der Waals surface area contributed by atoms with E-state index in [1.807, 2.05) is 0 Å². The van der Waals surface area contributed by atoms with Gasteiger partial charge in [-0.3, -0.25) is 4.79 Å². The molecule has 1 N–H and O–H groups in total. The van der Waals surface area contributed by atoms with Gasteiger partial charge in [0.15, 0.2) is 9.84 Å². The molecule has 0 heterocycles. The number of carbonyl (C=O) groups excluding carboxylic acids is 3. The Hall–Kier alpha value is -3.29. The van der Waals surface area contributed by atoms with Crippen LogP contribution in [-0.2, 0) is 34.2 Å². The predicted molar refractivity (Wildman–Crippen MR) is 118 cm³/mol. The third kappa shape index (κ3) is 6.85. The summed E-state index contributed by atoms with van der Waals surface area (Å²) in [6.45, 7) is 5.77. The van der Waals surface area contributed by atoms with Crippen LogP contribution in [0.1, 0.15) is 48.4 Å². The molecule has 2 aromatic rings. The van der Waals surface area contributed by atoms with Crippen molar-refractivity contribution < 1.29 is 45.5 Å². The van der Waals surface area contributed by atoms with Crippen molar-refractivity contribution in [3.05, 3.63) is 53.6 Å². The molecule has 34 heavy (non-hydrogen) atoms. The van der Waals surface area contributed by atoms with Crippen LogP contribution >= 0.6 is 0 Å². The van der Waals surface area contributed by atoms with Gasteiger partial charge in [-0.05, 0) is 49.9 Å². The first-order chi connectivity index (χ1) is 15.5. The van der Waals surface area contributed by atoms with Gasteiger partial charge in [-0.1, -0.05) is 18.2 Å². The number of hydrogen-bond donors (Lipinski definition) is 1. The Balaban J connectivity index is 2.44. The Morgan fingerprint density at radius 1 is 0.853 bits per heavy atom. The topological polar surface area (TPSA) is 159 Å². The summed E-state index contributed by atoms with van der Waals surface area (Å²) in [6.07, 6.45) is 0.719. The standard InChI is InChI=1S/C21H23NO10S2/c1-13(23)30-16-11-7-6-9-14(16)20(25)32-22-34(28,29)17-12-8-10-15(18(17)33(5,26)27)19(24)31-21(2,3)4/h6-12,22H,1-5H3. The van der Waals surface area contributed by atoms with Gasteiger partial charge in [0.1, 0.15) is 26.7 Å². The molecular formula is C21H23NO10S2. The van der Waals surface area contributed by atoms with Gasteiger partial charge in [-0.15, -0.1) is 0 Å². The van der Waals surface area contributed by atoms with Gasteiger partial charge in [0.25, 0.3) is 10.0 Å². The summed E-state index contributed by atoms with van der Waals surface area (Å²) >= 11 is 0. The highest BCUT2D eigenvalue weighted by Gasteiger charge is 2.32. The molecule has 2 rings (SSSR count). The lowest BCUT2D eigenvalue weighted by atomic mass is 10.1. The van der Waals surface area contributed by atoms with Crippen LogP contribution in [0.3, 0.4) is 0 Å². The number of carbonyl (C=O) groups is 3. The summed E-state index contributed by atoms with van der Waals surface area (Å²) in [5.74, 6) is -3.19. The van der Waals surface area contributed by atoms with Crippen molar-refractivity contribution in [1.82, 2.24) is 4.89 Å². The van der Waals surface area contributed by atoms with Crippen molar-refractivity contribution in [2.24, 2.45) is 0 Å². The predicted octanol–water partition coefficient (Wildman–Crippen LogP) is 2.02. The van der Waals surface area contributed by atoms with E-state index >= 15 is 0 Å². The average molecular weight is 514 g/mol. The van der Waals surface area contributed by atoms with Gasteiger partial charge in [0, 0.05) is 13.2 Å². The SMILES string of the molecule is CC(=O)Oc1ccccc1C(=O)ONS(=O)(=O)c1cccc(C(=O)OC(C)(C)C)c1S(C)(=O)=O. The molecule has 2 aromatic carbocycles. The van der Waals surface area contributed by atoms with E-state index in [1.54, 1.807) is 25.7 Å². The van der Waals surface area contributed by atoms with Crippen LogP contribution in [0, 0.1) is 0 Å². The van der Waals surface area contributed by atoms with E-state index in [-0.39, 0.29) is 11.3 Å². The quantitative estimate of drug-likeness (QED) is 0.330. The highest BCUT2D eigenvalue weighted by atomic mass is 32.2. The first kappa shape index (κ1) is 27.0. The Kier molecular flexibility index (Phi) is 7.86. The smallest absolute Gasteiger partial charge is 0.361 e. The van der Waals surface area contributed by atoms with E-state index in [0.29, 0.717) is 0 Å². The average Bonchev–Trinajstić information content (AvgIpc) is 2.69. The van der Waals surface area contributed by atoms with Crippen molar-refractivity contribution in [1.29, 1.82) is 0 Å². The van der Waals surface area contributed by atoms with Crippen LogP contribution in [0.15, 0.2) is 52.3 Å². The van der Waals surface area contributed by atoms with Gasteiger partial charge >= 0.3 is 17.9 Å². The maximum Gasteiger partial charge on any atom is 0.361 e. The van der Waals surface area contributed by atoms with Crippen molar-refractivity contribution in [2.45, 2.75) is 43.1 Å². The largest absolute Gasteiger partial charge is 0.456 e. The van der Waals surface area contributed by atoms with E-state index in [4.69, 9.17) is 9.47 Å². The molecule has 0 aliphatic carbocycles. The zero-order valence-corrected chi connectivity index (χ0v) is 20.6. The summed E-state index contributed by atoms with van der Waals surface area (Å²) in [4.78, 5) is 40.7. The Labute approximate surface area is 196 Å². The summed E-state index contributed by atoms with van der Waals surface area (Å²) in [6, 6.07) is 8.57. The molecule has 0 saturated carbocycles. The fourth-order valence-corrected chi connectivity index (χ4v) is 5.33. The molecule has 0 radical (unpaired) electrons. The molecule has 13 heteroatoms. The fraction of sp³-hybridized carbons (Fsp3) is 0.286. The Morgan fingerprint density at radius 3 is 2.00 bits per heavy atom. The lowest BCUT2D eigenvalue weighted by molar-refractivity contribution is -0.131. The molecule has 0 atom stereocenters. The lowest BCUT2D eigenvalue weighted by Gasteiger charge is -2.21. The fourth-order valence-electron chi connectivity index (χ4n) is 2.68. The highest BCUT2D eigenvalue weighted by molar-refractivity contribution is 7.93. The molecule has 0 amide bonds. The van der Waals surface area contributed by atoms with Gasteiger partial charge in [0.2, 0.25) is 0 Å². The minimum Gasteiger partial charge on any atom is -0.456 e. The van der Waals surface area contributed by atoms with Gasteiger partial charge in [-0.2, -0.15) is 0 Å². The maximum atomic E-state index is 12.9. The molecule has 0 aliphatic rings. The van der Waals surface area contributed by atoms with Gasteiger partial charge in [0.05, 0.1) is 5.56 Å². The molecule has 11 nitrogen and oxygen atoms in total. The van der Waals surface area contributed by atoms with E-state index in [2.05, 4.69) is 4.84 Å². The van der Waals surface area contributed by atoms with E-state index in [9.17, 15) is 31.2 Å². The number of sulfonamides is 1. The third-order valence-corrected chi connectivity index (χ3v) is 6.40. The number of hydrogen-bond acceptors (Lipinski definition) is 10. The zero-order valence-electron chi connectivity index (χ0n) is 18.9. The van der Waals surface area contributed by atoms with E-state index in [1.165, 1.54) is 24.3 Å². The molecule has 0 spiro atoms. The number of benzene rings is 2. The lowest BCUT2D eigenvalue weighted by Crippen LogP contribution is -2.30. The number of esters is 2. The van der Waals surface area contributed by atoms with Crippen molar-refractivity contribution in [3.63, 3.8) is 0 Å². The third-order valence-electron chi connectivity index (χ3n) is 3.86. The zero-order chi connectivity index (χ0) is 25.9. The Bertz CT molecular complexity index is 1340. The second kappa shape index (κ2) is 9.91. The number of para-hydroxylation sites is 1. The first-order valence-corrected chi connectivity index (χ1v) is 13.0. The molecular weight excluding hydrogens is 490 g/mol. The number of ether oxygens (including phenoxy) is 2. The number of rotatable bonds is 7. The van der Waals surface area contributed by atoms with Crippen molar-refractivity contribution in [2.75, 3.05) is 6.26 Å². The van der Waals surface area contributed by atoms with E-state index < -0.39 is 58.7 Å². The minimum absolute atomic E-state index is 0.178. The van der Waals surface area contributed by atoms with Crippen LogP contribution in [-0.4, -0.2) is 46.6 Å². The summed E-state index contributed by atoms with van der Waals surface area (Å²) in [5, 5.41) is 0. The first-order valence-electron chi connectivity index (χ1n) is 9.60. The minimum atomic E-state index is -4.80. The monoisotopic (exact) mass is 513 g/mol. The second-order valence-electron chi connectivity index (χ2n) is 7.97. The molecule has 0 unspecified atom stereocenters. The van der Waals surface area contributed by atoms with Gasteiger partial charge in [-0.25, -0.2) is 26.4 Å². The number of nitrogens with one attached hydrogen (secondary N) is 1. The van der Waals surface area contributed by atoms with Crippen LogP contribution < -0.4 is 9.62 Å². The summed E-state index contributed by atoms with van der Waals surface area (Å²) in [5.41, 5.74) is -1.76. The molecule has 0 bridgehead atoms. The van der Waals surface area contributed by atoms with Crippen LogP contribution in [0.25, 0.3) is 0 Å². The maximum absolute atomic E-state index is 12.9. The van der Waals surface area contributed by atoms with Crippen LogP contribution in [0.5, 0.6) is 5.75 Å². The highest BCUT2D eigenvalue weighted by Crippen LogP contribution is 2.27. The molecule has 0 aromatic heterocycles. The van der Waals surface area contributed by atoms with Crippen molar-refractivity contribution in [3.8, 4) is 5.75 Å². The normalized spacial score (nSPS) is 12.0. The summed E-state index contributed by atoms with van der Waals surface area (Å²) in [7, 11) is -9.08. The Morgan fingerprint density at radius 2 is 1.44 bits per heavy atom. The van der Waals surface area contributed by atoms with Crippen molar-refractivity contribution >= 4 is 37.8 Å². The number of sulfone groups is 1. The summed E-state index contributed by atoms with van der Waals surface area (Å²) < 4.78 is 60.7.